The highest BCUT2D eigenvalue weighted by Gasteiger charge is 2.11. The van der Waals surface area contributed by atoms with Gasteiger partial charge in [0.15, 0.2) is 17.3 Å². The van der Waals surface area contributed by atoms with Crippen LogP contribution < -0.4 is 9.47 Å². The zero-order valence-corrected chi connectivity index (χ0v) is 15.6. The molecule has 0 saturated heterocycles. The van der Waals surface area contributed by atoms with Crippen molar-refractivity contribution in [2.24, 2.45) is 0 Å². The molecule has 0 fully saturated rings. The molecule has 0 radical (unpaired) electrons. The van der Waals surface area contributed by atoms with E-state index in [2.05, 4.69) is 37.7 Å². The monoisotopic (exact) mass is 373 g/mol. The molecule has 1 N–H and O–H groups in total. The summed E-state index contributed by atoms with van der Waals surface area (Å²) in [6.07, 6.45) is 1.71. The molecule has 0 saturated carbocycles. The van der Waals surface area contributed by atoms with Gasteiger partial charge in [-0.05, 0) is 34.0 Å². The maximum absolute atomic E-state index is 5.93. The molecule has 140 valence electrons. The number of rotatable bonds is 6. The quantitative estimate of drug-likeness (QED) is 0.553. The number of pyridine rings is 1. The lowest BCUT2D eigenvalue weighted by Gasteiger charge is -2.12. The van der Waals surface area contributed by atoms with Crippen molar-refractivity contribution in [1.82, 2.24) is 25.6 Å². The number of benzene rings is 2. The second-order valence-electron chi connectivity index (χ2n) is 6.21. The van der Waals surface area contributed by atoms with Gasteiger partial charge in [0.05, 0.1) is 12.8 Å². The number of methoxy groups -OCH3 is 1. The SMILES string of the molecule is COc1c(OCc2ccc(-c3ccccc3-c3nnn[nH]3)cc2)ccnc1C. The summed E-state index contributed by atoms with van der Waals surface area (Å²) >= 11 is 0. The zero-order valence-electron chi connectivity index (χ0n) is 15.6. The average Bonchev–Trinajstić information content (AvgIpc) is 3.27. The Bertz CT molecular complexity index is 1060. The molecule has 2 aromatic heterocycles. The first-order chi connectivity index (χ1) is 13.8. The number of nitrogens with one attached hydrogen (secondary N) is 1. The van der Waals surface area contributed by atoms with E-state index in [1.165, 1.54) is 0 Å². The summed E-state index contributed by atoms with van der Waals surface area (Å²) in [5, 5.41) is 14.2. The average molecular weight is 373 g/mol. The van der Waals surface area contributed by atoms with Gasteiger partial charge in [0, 0.05) is 17.8 Å². The van der Waals surface area contributed by atoms with Crippen LogP contribution in [0.1, 0.15) is 11.3 Å². The van der Waals surface area contributed by atoms with Crippen molar-refractivity contribution in [1.29, 1.82) is 0 Å². The molecule has 0 aliphatic rings. The predicted molar refractivity (Wildman–Crippen MR) is 105 cm³/mol. The molecule has 0 aliphatic carbocycles. The fourth-order valence-corrected chi connectivity index (χ4v) is 3.05. The van der Waals surface area contributed by atoms with E-state index in [0.29, 0.717) is 23.9 Å². The molecule has 4 aromatic rings. The van der Waals surface area contributed by atoms with Crippen molar-refractivity contribution in [3.63, 3.8) is 0 Å². The Morgan fingerprint density at radius 2 is 1.75 bits per heavy atom. The molecule has 0 aliphatic heterocycles. The van der Waals surface area contributed by atoms with Gasteiger partial charge < -0.3 is 9.47 Å². The highest BCUT2D eigenvalue weighted by molar-refractivity contribution is 5.80. The van der Waals surface area contributed by atoms with Gasteiger partial charge in [0.25, 0.3) is 0 Å². The maximum Gasteiger partial charge on any atom is 0.182 e. The van der Waals surface area contributed by atoms with Crippen LogP contribution in [0.25, 0.3) is 22.5 Å². The number of hydrogen-bond acceptors (Lipinski definition) is 6. The Morgan fingerprint density at radius 3 is 2.46 bits per heavy atom. The van der Waals surface area contributed by atoms with Crippen molar-refractivity contribution in [3.05, 3.63) is 72.1 Å². The Hall–Kier alpha value is -3.74. The third kappa shape index (κ3) is 3.55. The number of aryl methyl sites for hydroxylation is 1. The van der Waals surface area contributed by atoms with E-state index in [-0.39, 0.29) is 0 Å². The van der Waals surface area contributed by atoms with Crippen LogP contribution in [-0.2, 0) is 6.61 Å². The summed E-state index contributed by atoms with van der Waals surface area (Å²) in [4.78, 5) is 4.22. The lowest BCUT2D eigenvalue weighted by molar-refractivity contribution is 0.282. The van der Waals surface area contributed by atoms with Gasteiger partial charge >= 0.3 is 0 Å². The van der Waals surface area contributed by atoms with E-state index in [1.54, 1.807) is 13.3 Å². The third-order valence-electron chi connectivity index (χ3n) is 4.44. The Kier molecular flexibility index (Phi) is 4.97. The number of tetrazole rings is 1. The summed E-state index contributed by atoms with van der Waals surface area (Å²) in [5.41, 5.74) is 4.94. The lowest BCUT2D eigenvalue weighted by atomic mass is 9.98. The summed E-state index contributed by atoms with van der Waals surface area (Å²) in [5.74, 6) is 1.99. The van der Waals surface area contributed by atoms with Crippen LogP contribution in [0.2, 0.25) is 0 Å². The first kappa shape index (κ1) is 17.7. The maximum atomic E-state index is 5.93. The van der Waals surface area contributed by atoms with Gasteiger partial charge in [0.1, 0.15) is 6.61 Å². The molecule has 7 nitrogen and oxygen atoms in total. The minimum atomic E-state index is 0.438. The molecule has 0 spiro atoms. The fraction of sp³-hybridized carbons (Fsp3) is 0.143. The van der Waals surface area contributed by atoms with Crippen molar-refractivity contribution >= 4 is 0 Å². The number of hydrogen-bond donors (Lipinski definition) is 1. The lowest BCUT2D eigenvalue weighted by Crippen LogP contribution is -2.00. The highest BCUT2D eigenvalue weighted by atomic mass is 16.5. The van der Waals surface area contributed by atoms with Gasteiger partial charge in [-0.3, -0.25) is 4.98 Å². The Balaban J connectivity index is 1.54. The van der Waals surface area contributed by atoms with Gasteiger partial charge in [0.2, 0.25) is 0 Å². The molecular weight excluding hydrogens is 354 g/mol. The second-order valence-corrected chi connectivity index (χ2v) is 6.21. The third-order valence-corrected chi connectivity index (χ3v) is 4.44. The van der Waals surface area contributed by atoms with Crippen LogP contribution in [0.15, 0.2) is 60.8 Å². The summed E-state index contributed by atoms with van der Waals surface area (Å²) < 4.78 is 11.3. The molecule has 0 amide bonds. The summed E-state index contributed by atoms with van der Waals surface area (Å²) in [7, 11) is 1.62. The normalized spacial score (nSPS) is 10.6. The number of aromatic nitrogens is 5. The topological polar surface area (TPSA) is 85.8 Å². The van der Waals surface area contributed by atoms with E-state index in [1.807, 2.05) is 49.4 Å². The van der Waals surface area contributed by atoms with Crippen molar-refractivity contribution in [2.45, 2.75) is 13.5 Å². The van der Waals surface area contributed by atoms with Crippen LogP contribution in [0.5, 0.6) is 11.5 Å². The van der Waals surface area contributed by atoms with Crippen molar-refractivity contribution in [3.8, 4) is 34.0 Å². The molecule has 2 aromatic carbocycles. The van der Waals surface area contributed by atoms with E-state index >= 15 is 0 Å². The highest BCUT2D eigenvalue weighted by Crippen LogP contribution is 2.31. The van der Waals surface area contributed by atoms with Crippen LogP contribution in [0.3, 0.4) is 0 Å². The van der Waals surface area contributed by atoms with Crippen LogP contribution in [-0.4, -0.2) is 32.7 Å². The number of H-pyrrole nitrogens is 1. The Morgan fingerprint density at radius 1 is 0.964 bits per heavy atom. The van der Waals surface area contributed by atoms with Crippen LogP contribution >= 0.6 is 0 Å². The smallest absolute Gasteiger partial charge is 0.182 e. The number of nitrogens with zero attached hydrogens (tertiary/aromatic N) is 4. The fourth-order valence-electron chi connectivity index (χ4n) is 3.05. The summed E-state index contributed by atoms with van der Waals surface area (Å²) in [6, 6.07) is 18.0. The van der Waals surface area contributed by atoms with E-state index in [0.717, 1.165) is 27.9 Å². The van der Waals surface area contributed by atoms with E-state index in [9.17, 15) is 0 Å². The molecule has 0 atom stereocenters. The van der Waals surface area contributed by atoms with Crippen molar-refractivity contribution < 1.29 is 9.47 Å². The first-order valence-corrected chi connectivity index (χ1v) is 8.81. The number of ether oxygens (including phenoxy) is 2. The molecule has 28 heavy (non-hydrogen) atoms. The number of aromatic amines is 1. The Labute approximate surface area is 162 Å². The summed E-state index contributed by atoms with van der Waals surface area (Å²) in [6.45, 7) is 2.33. The predicted octanol–water partition coefficient (Wildman–Crippen LogP) is 3.82. The molecule has 7 heteroatoms. The second kappa shape index (κ2) is 7.87. The standard InChI is InChI=1S/C21H19N5O2/c1-14-20(27-2)19(11-12-22-14)28-13-15-7-9-16(10-8-15)17-5-3-4-6-18(17)21-23-25-26-24-21/h3-12H,13H2,1-2H3,(H,23,24,25,26). The van der Waals surface area contributed by atoms with Crippen LogP contribution in [0.4, 0.5) is 0 Å². The van der Waals surface area contributed by atoms with Gasteiger partial charge in [-0.2, -0.15) is 0 Å². The zero-order chi connectivity index (χ0) is 19.3. The molecule has 0 bridgehead atoms. The largest absolute Gasteiger partial charge is 0.491 e. The molecule has 2 heterocycles. The minimum absolute atomic E-state index is 0.438. The van der Waals surface area contributed by atoms with Crippen LogP contribution in [0, 0.1) is 6.92 Å². The van der Waals surface area contributed by atoms with Gasteiger partial charge in [-0.1, -0.05) is 48.5 Å². The first-order valence-electron chi connectivity index (χ1n) is 8.81. The molecule has 0 unspecified atom stereocenters. The van der Waals surface area contributed by atoms with E-state index in [4.69, 9.17) is 9.47 Å². The molecule has 4 rings (SSSR count). The van der Waals surface area contributed by atoms with Crippen molar-refractivity contribution in [2.75, 3.05) is 7.11 Å². The van der Waals surface area contributed by atoms with Gasteiger partial charge in [-0.25, -0.2) is 5.10 Å². The molecular formula is C21H19N5O2. The van der Waals surface area contributed by atoms with Gasteiger partial charge in [-0.15, -0.1) is 5.10 Å². The minimum Gasteiger partial charge on any atom is -0.491 e. The van der Waals surface area contributed by atoms with E-state index < -0.39 is 0 Å².